The third kappa shape index (κ3) is 2.79. The average molecular weight is 189 g/mol. The van der Waals surface area contributed by atoms with Gasteiger partial charge in [-0.05, 0) is 25.6 Å². The highest BCUT2D eigenvalue weighted by Crippen LogP contribution is 2.19. The topological polar surface area (TPSA) is 32.3 Å². The van der Waals surface area contributed by atoms with Crippen LogP contribution in [0.2, 0.25) is 0 Å². The largest absolute Gasteiger partial charge is 0.506 e. The molecule has 0 aliphatic rings. The summed E-state index contributed by atoms with van der Waals surface area (Å²) in [7, 11) is 1.89. The summed E-state index contributed by atoms with van der Waals surface area (Å²) in [5.74, 6) is 6.24. The predicted octanol–water partition coefficient (Wildman–Crippen LogP) is 1.66. The zero-order valence-corrected chi connectivity index (χ0v) is 8.59. The van der Waals surface area contributed by atoms with Crippen LogP contribution >= 0.6 is 0 Å². The van der Waals surface area contributed by atoms with Crippen LogP contribution in [0.5, 0.6) is 5.75 Å². The fourth-order valence-corrected chi connectivity index (χ4v) is 1.11. The van der Waals surface area contributed by atoms with Crippen LogP contribution in [0, 0.1) is 18.8 Å². The van der Waals surface area contributed by atoms with E-state index in [1.54, 1.807) is 0 Å². The van der Waals surface area contributed by atoms with E-state index in [0.717, 1.165) is 18.5 Å². The van der Waals surface area contributed by atoms with E-state index in [2.05, 4.69) is 17.2 Å². The zero-order chi connectivity index (χ0) is 10.4. The summed E-state index contributed by atoms with van der Waals surface area (Å²) < 4.78 is 0. The fourth-order valence-electron chi connectivity index (χ4n) is 1.11. The van der Waals surface area contributed by atoms with Gasteiger partial charge in [0.2, 0.25) is 0 Å². The van der Waals surface area contributed by atoms with Crippen LogP contribution in [-0.4, -0.2) is 18.7 Å². The monoisotopic (exact) mass is 189 g/mol. The molecule has 2 N–H and O–H groups in total. The van der Waals surface area contributed by atoms with Gasteiger partial charge in [0.1, 0.15) is 5.75 Å². The van der Waals surface area contributed by atoms with Crippen LogP contribution in [-0.2, 0) is 0 Å². The Morgan fingerprint density at radius 3 is 2.93 bits per heavy atom. The number of aryl methyl sites for hydroxylation is 1. The predicted molar refractivity (Wildman–Crippen MR) is 58.3 cm³/mol. The summed E-state index contributed by atoms with van der Waals surface area (Å²) in [6.45, 7) is 2.74. The van der Waals surface area contributed by atoms with Crippen LogP contribution in [0.4, 0.5) is 0 Å². The second-order valence-electron chi connectivity index (χ2n) is 3.13. The molecule has 1 aromatic carbocycles. The molecular formula is C12H15NO. The van der Waals surface area contributed by atoms with Gasteiger partial charge in [0.25, 0.3) is 0 Å². The normalized spacial score (nSPS) is 9.29. The van der Waals surface area contributed by atoms with Gasteiger partial charge in [-0.15, -0.1) is 0 Å². The Morgan fingerprint density at radius 2 is 2.21 bits per heavy atom. The van der Waals surface area contributed by atoms with Crippen molar-refractivity contribution in [2.24, 2.45) is 0 Å². The Labute approximate surface area is 85.0 Å². The van der Waals surface area contributed by atoms with Gasteiger partial charge in [0, 0.05) is 13.0 Å². The molecule has 0 aliphatic heterocycles. The van der Waals surface area contributed by atoms with E-state index < -0.39 is 0 Å². The highest BCUT2D eigenvalue weighted by molar-refractivity contribution is 5.49. The molecule has 74 valence electrons. The van der Waals surface area contributed by atoms with E-state index in [-0.39, 0.29) is 0 Å². The third-order valence-electron chi connectivity index (χ3n) is 1.96. The van der Waals surface area contributed by atoms with E-state index in [9.17, 15) is 5.11 Å². The van der Waals surface area contributed by atoms with Gasteiger partial charge in [-0.1, -0.05) is 24.0 Å². The van der Waals surface area contributed by atoms with Gasteiger partial charge >= 0.3 is 0 Å². The summed E-state index contributed by atoms with van der Waals surface area (Å²) >= 11 is 0. The molecule has 2 nitrogen and oxygen atoms in total. The number of nitrogens with one attached hydrogen (secondary N) is 1. The SMILES string of the molecule is CNCCC#Cc1cccc(C)c1O. The van der Waals surface area contributed by atoms with Gasteiger partial charge in [-0.25, -0.2) is 0 Å². The van der Waals surface area contributed by atoms with Crippen LogP contribution in [0.15, 0.2) is 18.2 Å². The van der Waals surface area contributed by atoms with E-state index in [1.165, 1.54) is 0 Å². The van der Waals surface area contributed by atoms with Crippen molar-refractivity contribution >= 4 is 0 Å². The molecule has 0 fully saturated rings. The second kappa shape index (κ2) is 5.31. The lowest BCUT2D eigenvalue weighted by Gasteiger charge is -1.99. The van der Waals surface area contributed by atoms with E-state index in [1.807, 2.05) is 32.2 Å². The maximum atomic E-state index is 9.64. The molecule has 2 heteroatoms. The molecule has 14 heavy (non-hydrogen) atoms. The molecule has 0 saturated heterocycles. The number of hydrogen-bond donors (Lipinski definition) is 2. The molecule has 0 saturated carbocycles. The lowest BCUT2D eigenvalue weighted by atomic mass is 10.1. The molecule has 1 aromatic rings. The van der Waals surface area contributed by atoms with Gasteiger partial charge in [0.15, 0.2) is 0 Å². The lowest BCUT2D eigenvalue weighted by Crippen LogP contribution is -2.05. The fraction of sp³-hybridized carbons (Fsp3) is 0.333. The van der Waals surface area contributed by atoms with Crippen molar-refractivity contribution in [2.75, 3.05) is 13.6 Å². The first-order valence-corrected chi connectivity index (χ1v) is 4.67. The van der Waals surface area contributed by atoms with Crippen molar-refractivity contribution in [3.05, 3.63) is 29.3 Å². The molecule has 0 spiro atoms. The standard InChI is InChI=1S/C12H15NO/c1-10-6-5-8-11(12(10)14)7-3-4-9-13-2/h5-6,8,13-14H,4,9H2,1-2H3. The second-order valence-corrected chi connectivity index (χ2v) is 3.13. The Balaban J connectivity index is 2.74. The van der Waals surface area contributed by atoms with Crippen molar-refractivity contribution in [2.45, 2.75) is 13.3 Å². The number of para-hydroxylation sites is 1. The quantitative estimate of drug-likeness (QED) is 0.548. The highest BCUT2D eigenvalue weighted by Gasteiger charge is 1.98. The summed E-state index contributed by atoms with van der Waals surface area (Å²) in [5, 5.41) is 12.7. The molecule has 0 unspecified atom stereocenters. The number of phenols is 1. The van der Waals surface area contributed by atoms with Crippen molar-refractivity contribution in [3.8, 4) is 17.6 Å². The molecular weight excluding hydrogens is 174 g/mol. The minimum absolute atomic E-state index is 0.296. The summed E-state index contributed by atoms with van der Waals surface area (Å²) in [6, 6.07) is 5.60. The first kappa shape index (κ1) is 10.6. The van der Waals surface area contributed by atoms with Gasteiger partial charge < -0.3 is 10.4 Å². The summed E-state index contributed by atoms with van der Waals surface area (Å²) in [6.07, 6.45) is 0.796. The Morgan fingerprint density at radius 1 is 1.43 bits per heavy atom. The lowest BCUT2D eigenvalue weighted by molar-refractivity contribution is 0.469. The van der Waals surface area contributed by atoms with E-state index >= 15 is 0 Å². The molecule has 0 heterocycles. The maximum absolute atomic E-state index is 9.64. The number of rotatable bonds is 2. The zero-order valence-electron chi connectivity index (χ0n) is 8.59. The third-order valence-corrected chi connectivity index (χ3v) is 1.96. The number of hydrogen-bond acceptors (Lipinski definition) is 2. The number of benzene rings is 1. The number of phenolic OH excluding ortho intramolecular Hbond substituents is 1. The van der Waals surface area contributed by atoms with Crippen molar-refractivity contribution < 1.29 is 5.11 Å². The molecule has 0 radical (unpaired) electrons. The van der Waals surface area contributed by atoms with E-state index in [4.69, 9.17) is 0 Å². The Kier molecular flexibility index (Phi) is 4.03. The Bertz CT molecular complexity index is 360. The van der Waals surface area contributed by atoms with Crippen LogP contribution in [0.3, 0.4) is 0 Å². The molecule has 0 amide bonds. The summed E-state index contributed by atoms with van der Waals surface area (Å²) in [4.78, 5) is 0. The molecule has 0 aromatic heterocycles. The summed E-state index contributed by atoms with van der Waals surface area (Å²) in [5.41, 5.74) is 1.58. The molecule has 0 aliphatic carbocycles. The highest BCUT2D eigenvalue weighted by atomic mass is 16.3. The minimum atomic E-state index is 0.296. The maximum Gasteiger partial charge on any atom is 0.134 e. The van der Waals surface area contributed by atoms with Crippen molar-refractivity contribution in [1.29, 1.82) is 0 Å². The van der Waals surface area contributed by atoms with Crippen LogP contribution in [0.25, 0.3) is 0 Å². The molecule has 0 atom stereocenters. The van der Waals surface area contributed by atoms with E-state index in [0.29, 0.717) is 11.3 Å². The minimum Gasteiger partial charge on any atom is -0.506 e. The van der Waals surface area contributed by atoms with Gasteiger partial charge in [-0.3, -0.25) is 0 Å². The Hall–Kier alpha value is -1.46. The molecule has 1 rings (SSSR count). The average Bonchev–Trinajstić information content (AvgIpc) is 2.19. The first-order valence-electron chi connectivity index (χ1n) is 4.67. The smallest absolute Gasteiger partial charge is 0.134 e. The van der Waals surface area contributed by atoms with Crippen LogP contribution in [0.1, 0.15) is 17.5 Å². The van der Waals surface area contributed by atoms with Crippen LogP contribution < -0.4 is 5.32 Å². The first-order chi connectivity index (χ1) is 6.75. The number of aromatic hydroxyl groups is 1. The van der Waals surface area contributed by atoms with Gasteiger partial charge in [-0.2, -0.15) is 0 Å². The van der Waals surface area contributed by atoms with Gasteiger partial charge in [0.05, 0.1) is 5.56 Å². The molecule has 0 bridgehead atoms. The van der Waals surface area contributed by atoms with Crippen molar-refractivity contribution in [1.82, 2.24) is 5.32 Å². The van der Waals surface area contributed by atoms with Crippen molar-refractivity contribution in [3.63, 3.8) is 0 Å².